The van der Waals surface area contributed by atoms with Gasteiger partial charge in [-0.05, 0) is 31.3 Å². The fraction of sp³-hybridized carbons (Fsp3) is 0.400. The molecule has 0 spiro atoms. The van der Waals surface area contributed by atoms with Crippen LogP contribution in [0.25, 0.3) is 0 Å². The molecule has 3 heteroatoms. The van der Waals surface area contributed by atoms with E-state index < -0.39 is 0 Å². The highest BCUT2D eigenvalue weighted by Crippen LogP contribution is 2.19. The third-order valence-electron chi connectivity index (χ3n) is 2.15. The molecule has 70 valence electrons. The van der Waals surface area contributed by atoms with Gasteiger partial charge in [-0.15, -0.1) is 0 Å². The van der Waals surface area contributed by atoms with Crippen LogP contribution in [0, 0.1) is 0 Å². The van der Waals surface area contributed by atoms with Crippen LogP contribution in [0.3, 0.4) is 0 Å². The summed E-state index contributed by atoms with van der Waals surface area (Å²) in [5.41, 5.74) is 0. The Bertz CT molecular complexity index is 279. The fourth-order valence-electron chi connectivity index (χ4n) is 1.42. The lowest BCUT2D eigenvalue weighted by Gasteiger charge is -2.35. The first-order valence-electron chi connectivity index (χ1n) is 4.35. The molecule has 2 rings (SSSR count). The lowest BCUT2D eigenvalue weighted by Crippen LogP contribution is -2.51. The van der Waals surface area contributed by atoms with Crippen molar-refractivity contribution >= 4 is 15.9 Å². The molecule has 0 atom stereocenters. The first kappa shape index (κ1) is 9.03. The Morgan fingerprint density at radius 3 is 2.46 bits per heavy atom. The average Bonchev–Trinajstić information content (AvgIpc) is 2.06. The Hall–Kier alpha value is -0.540. The minimum absolute atomic E-state index is 0.381. The summed E-state index contributed by atoms with van der Waals surface area (Å²) >= 11 is 3.39. The monoisotopic (exact) mass is 241 g/mol. The fourth-order valence-corrected chi connectivity index (χ4v) is 1.69. The first-order chi connectivity index (χ1) is 6.24. The van der Waals surface area contributed by atoms with E-state index in [4.69, 9.17) is 4.74 Å². The third kappa shape index (κ3) is 2.23. The van der Waals surface area contributed by atoms with Crippen molar-refractivity contribution in [1.82, 2.24) is 4.90 Å². The van der Waals surface area contributed by atoms with Crippen LogP contribution in [-0.2, 0) is 0 Å². The predicted octanol–water partition coefficient (Wildman–Crippen LogP) is 2.14. The molecule has 0 amide bonds. The van der Waals surface area contributed by atoms with Crippen LogP contribution in [0.2, 0.25) is 0 Å². The third-order valence-corrected chi connectivity index (χ3v) is 2.68. The number of ether oxygens (including phenoxy) is 1. The standard InChI is InChI=1S/C10H12BrNO/c1-12-6-10(7-12)13-9-4-2-8(11)3-5-9/h2-5,10H,6-7H2,1H3. The largest absolute Gasteiger partial charge is 0.488 e. The quantitative estimate of drug-likeness (QED) is 0.787. The van der Waals surface area contributed by atoms with Crippen molar-refractivity contribution in [3.05, 3.63) is 28.7 Å². The van der Waals surface area contributed by atoms with Gasteiger partial charge in [0.1, 0.15) is 11.9 Å². The molecule has 0 aromatic heterocycles. The predicted molar refractivity (Wildman–Crippen MR) is 56.1 cm³/mol. The van der Waals surface area contributed by atoms with Gasteiger partial charge in [-0.2, -0.15) is 0 Å². The van der Waals surface area contributed by atoms with E-state index in [0.29, 0.717) is 6.10 Å². The van der Waals surface area contributed by atoms with E-state index in [1.165, 1.54) is 0 Å². The number of rotatable bonds is 2. The minimum atomic E-state index is 0.381. The van der Waals surface area contributed by atoms with Crippen molar-refractivity contribution in [2.24, 2.45) is 0 Å². The van der Waals surface area contributed by atoms with Crippen molar-refractivity contribution in [3.8, 4) is 5.75 Å². The van der Waals surface area contributed by atoms with Crippen molar-refractivity contribution in [2.75, 3.05) is 20.1 Å². The number of likely N-dealkylation sites (tertiary alicyclic amines) is 1. The first-order valence-corrected chi connectivity index (χ1v) is 5.14. The molecular formula is C10H12BrNO. The van der Waals surface area contributed by atoms with Gasteiger partial charge < -0.3 is 4.74 Å². The molecule has 0 radical (unpaired) electrons. The zero-order valence-electron chi connectivity index (χ0n) is 7.53. The summed E-state index contributed by atoms with van der Waals surface area (Å²) in [7, 11) is 2.10. The van der Waals surface area contributed by atoms with Gasteiger partial charge in [-0.3, -0.25) is 4.90 Å². The molecule has 1 aliphatic rings. The number of halogens is 1. The lowest BCUT2D eigenvalue weighted by molar-refractivity contribution is 0.0388. The normalized spacial score (nSPS) is 18.3. The molecule has 2 nitrogen and oxygen atoms in total. The van der Waals surface area contributed by atoms with E-state index in [1.54, 1.807) is 0 Å². The topological polar surface area (TPSA) is 12.5 Å². The SMILES string of the molecule is CN1CC(Oc2ccc(Br)cc2)C1. The van der Waals surface area contributed by atoms with Gasteiger partial charge in [0.05, 0.1) is 0 Å². The van der Waals surface area contributed by atoms with E-state index in [-0.39, 0.29) is 0 Å². The molecular weight excluding hydrogens is 230 g/mol. The van der Waals surface area contributed by atoms with Crippen molar-refractivity contribution in [1.29, 1.82) is 0 Å². The summed E-state index contributed by atoms with van der Waals surface area (Å²) < 4.78 is 6.80. The zero-order chi connectivity index (χ0) is 9.26. The second-order valence-electron chi connectivity index (χ2n) is 3.41. The van der Waals surface area contributed by atoms with E-state index in [9.17, 15) is 0 Å². The Kier molecular flexibility index (Phi) is 2.56. The lowest BCUT2D eigenvalue weighted by atomic mass is 10.2. The van der Waals surface area contributed by atoms with E-state index in [2.05, 4.69) is 27.9 Å². The molecule has 0 unspecified atom stereocenters. The Morgan fingerprint density at radius 1 is 1.31 bits per heavy atom. The summed E-state index contributed by atoms with van der Waals surface area (Å²) in [5.74, 6) is 0.960. The van der Waals surface area contributed by atoms with Crippen LogP contribution in [0.1, 0.15) is 0 Å². The number of benzene rings is 1. The second kappa shape index (κ2) is 3.68. The maximum Gasteiger partial charge on any atom is 0.124 e. The molecule has 1 aliphatic heterocycles. The van der Waals surface area contributed by atoms with Crippen LogP contribution >= 0.6 is 15.9 Å². The summed E-state index contributed by atoms with van der Waals surface area (Å²) in [6, 6.07) is 7.97. The van der Waals surface area contributed by atoms with Gasteiger partial charge in [0.2, 0.25) is 0 Å². The maximum atomic E-state index is 5.71. The molecule has 0 saturated carbocycles. The molecule has 1 aromatic rings. The van der Waals surface area contributed by atoms with Crippen molar-refractivity contribution < 1.29 is 4.74 Å². The molecule has 0 bridgehead atoms. The molecule has 1 aromatic carbocycles. The average molecular weight is 242 g/mol. The summed E-state index contributed by atoms with van der Waals surface area (Å²) in [5, 5.41) is 0. The van der Waals surface area contributed by atoms with Crippen LogP contribution in [0.5, 0.6) is 5.75 Å². The van der Waals surface area contributed by atoms with Gasteiger partial charge in [-0.25, -0.2) is 0 Å². The minimum Gasteiger partial charge on any atom is -0.488 e. The smallest absolute Gasteiger partial charge is 0.124 e. The van der Waals surface area contributed by atoms with Crippen LogP contribution in [0.4, 0.5) is 0 Å². The van der Waals surface area contributed by atoms with Crippen LogP contribution < -0.4 is 4.74 Å². The van der Waals surface area contributed by atoms with Gasteiger partial charge >= 0.3 is 0 Å². The van der Waals surface area contributed by atoms with Gasteiger partial charge in [0.15, 0.2) is 0 Å². The Morgan fingerprint density at radius 2 is 1.92 bits per heavy atom. The van der Waals surface area contributed by atoms with E-state index in [0.717, 1.165) is 23.3 Å². The molecule has 0 aliphatic carbocycles. The van der Waals surface area contributed by atoms with Crippen molar-refractivity contribution in [3.63, 3.8) is 0 Å². The number of likely N-dealkylation sites (N-methyl/N-ethyl adjacent to an activating group) is 1. The maximum absolute atomic E-state index is 5.71. The summed E-state index contributed by atoms with van der Waals surface area (Å²) in [4.78, 5) is 2.24. The number of hydrogen-bond donors (Lipinski definition) is 0. The van der Waals surface area contributed by atoms with Gasteiger partial charge in [0.25, 0.3) is 0 Å². The molecule has 1 heterocycles. The highest BCUT2D eigenvalue weighted by molar-refractivity contribution is 9.10. The zero-order valence-corrected chi connectivity index (χ0v) is 9.12. The number of hydrogen-bond acceptors (Lipinski definition) is 2. The molecule has 1 fully saturated rings. The van der Waals surface area contributed by atoms with E-state index >= 15 is 0 Å². The highest BCUT2D eigenvalue weighted by Gasteiger charge is 2.24. The van der Waals surface area contributed by atoms with Gasteiger partial charge in [-0.1, -0.05) is 15.9 Å². The van der Waals surface area contributed by atoms with Crippen molar-refractivity contribution in [2.45, 2.75) is 6.10 Å². The van der Waals surface area contributed by atoms with Crippen LogP contribution in [-0.4, -0.2) is 31.1 Å². The Balaban J connectivity index is 1.91. The summed E-state index contributed by atoms with van der Waals surface area (Å²) in [6.07, 6.45) is 0.381. The second-order valence-corrected chi connectivity index (χ2v) is 4.33. The molecule has 1 saturated heterocycles. The Labute approximate surface area is 86.6 Å². The van der Waals surface area contributed by atoms with Gasteiger partial charge in [0, 0.05) is 17.6 Å². The molecule has 0 N–H and O–H groups in total. The van der Waals surface area contributed by atoms with E-state index in [1.807, 2.05) is 24.3 Å². The summed E-state index contributed by atoms with van der Waals surface area (Å²) in [6.45, 7) is 2.08. The van der Waals surface area contributed by atoms with Crippen LogP contribution in [0.15, 0.2) is 28.7 Å². The highest BCUT2D eigenvalue weighted by atomic mass is 79.9. The molecule has 13 heavy (non-hydrogen) atoms. The number of nitrogens with zero attached hydrogens (tertiary/aromatic N) is 1.